The van der Waals surface area contributed by atoms with E-state index >= 15 is 0 Å². The number of hydrogen-bond acceptors (Lipinski definition) is 2. The van der Waals surface area contributed by atoms with Crippen LogP contribution in [0.15, 0.2) is 24.3 Å². The fourth-order valence-electron chi connectivity index (χ4n) is 3.26. The lowest BCUT2D eigenvalue weighted by molar-refractivity contribution is -0.124. The van der Waals surface area contributed by atoms with Gasteiger partial charge in [0, 0.05) is 13.1 Å². The van der Waals surface area contributed by atoms with Crippen LogP contribution in [0, 0.1) is 0 Å². The van der Waals surface area contributed by atoms with E-state index in [2.05, 4.69) is 34.9 Å². The molecule has 19 heavy (non-hydrogen) atoms. The van der Waals surface area contributed by atoms with Crippen molar-refractivity contribution in [2.24, 2.45) is 0 Å². The number of rotatable bonds is 2. The summed E-state index contributed by atoms with van der Waals surface area (Å²) in [5.41, 5.74) is 2.52. The van der Waals surface area contributed by atoms with Gasteiger partial charge in [0.15, 0.2) is 0 Å². The Morgan fingerprint density at radius 3 is 2.26 bits per heavy atom. The highest BCUT2D eigenvalue weighted by atomic mass is 16.2. The van der Waals surface area contributed by atoms with Gasteiger partial charge in [-0.3, -0.25) is 4.79 Å². The quantitative estimate of drug-likeness (QED) is 0.855. The van der Waals surface area contributed by atoms with Gasteiger partial charge in [0.2, 0.25) is 5.91 Å². The molecular formula is C16H22N2O. The predicted molar refractivity (Wildman–Crippen MR) is 76.0 cm³/mol. The van der Waals surface area contributed by atoms with Gasteiger partial charge >= 0.3 is 0 Å². The van der Waals surface area contributed by atoms with E-state index in [9.17, 15) is 4.79 Å². The van der Waals surface area contributed by atoms with Gasteiger partial charge in [0.05, 0.1) is 0 Å². The van der Waals surface area contributed by atoms with Crippen molar-refractivity contribution >= 4 is 5.91 Å². The third-order valence-corrected chi connectivity index (χ3v) is 4.38. The van der Waals surface area contributed by atoms with E-state index in [1.165, 1.54) is 37.7 Å². The third-order valence-electron chi connectivity index (χ3n) is 4.38. The summed E-state index contributed by atoms with van der Waals surface area (Å²) < 4.78 is 0. The van der Waals surface area contributed by atoms with Crippen LogP contribution in [0.3, 0.4) is 0 Å². The number of nitrogens with one attached hydrogen (secondary N) is 2. The molecule has 1 aromatic carbocycles. The van der Waals surface area contributed by atoms with Crippen LogP contribution in [0.5, 0.6) is 0 Å². The molecule has 2 aliphatic rings. The van der Waals surface area contributed by atoms with Crippen LogP contribution in [0.4, 0.5) is 0 Å². The Hall–Kier alpha value is -1.35. The lowest BCUT2D eigenvalue weighted by Crippen LogP contribution is -2.47. The molecule has 1 amide bonds. The second kappa shape index (κ2) is 5.74. The SMILES string of the molecule is O=C1NCCNC1c1ccc(C2CCCCC2)cc1. The molecule has 0 spiro atoms. The molecule has 1 aromatic rings. The average Bonchev–Trinajstić information content (AvgIpc) is 2.49. The predicted octanol–water partition coefficient (Wildman–Crippen LogP) is 2.49. The maximum absolute atomic E-state index is 11.8. The Kier molecular flexibility index (Phi) is 3.83. The highest BCUT2D eigenvalue weighted by Crippen LogP contribution is 2.33. The summed E-state index contributed by atoms with van der Waals surface area (Å²) in [6.07, 6.45) is 6.75. The minimum Gasteiger partial charge on any atom is -0.353 e. The van der Waals surface area contributed by atoms with Crippen LogP contribution in [-0.2, 0) is 4.79 Å². The Morgan fingerprint density at radius 2 is 1.58 bits per heavy atom. The third kappa shape index (κ3) is 2.81. The van der Waals surface area contributed by atoms with Gasteiger partial charge < -0.3 is 10.6 Å². The normalized spacial score (nSPS) is 25.1. The highest BCUT2D eigenvalue weighted by molar-refractivity contribution is 5.83. The van der Waals surface area contributed by atoms with Crippen LogP contribution in [0.1, 0.15) is 55.2 Å². The van der Waals surface area contributed by atoms with Crippen LogP contribution < -0.4 is 10.6 Å². The van der Waals surface area contributed by atoms with Crippen molar-refractivity contribution < 1.29 is 4.79 Å². The van der Waals surface area contributed by atoms with Crippen molar-refractivity contribution in [1.29, 1.82) is 0 Å². The maximum Gasteiger partial charge on any atom is 0.241 e. The van der Waals surface area contributed by atoms with Crippen LogP contribution in [-0.4, -0.2) is 19.0 Å². The molecule has 1 atom stereocenters. The zero-order chi connectivity index (χ0) is 13.1. The van der Waals surface area contributed by atoms with E-state index in [0.29, 0.717) is 0 Å². The van der Waals surface area contributed by atoms with E-state index in [4.69, 9.17) is 0 Å². The lowest BCUT2D eigenvalue weighted by atomic mass is 9.83. The molecule has 1 aliphatic carbocycles. The van der Waals surface area contributed by atoms with Gasteiger partial charge in [0.25, 0.3) is 0 Å². The minimum atomic E-state index is -0.172. The van der Waals surface area contributed by atoms with Gasteiger partial charge in [-0.1, -0.05) is 43.5 Å². The van der Waals surface area contributed by atoms with Gasteiger partial charge in [-0.25, -0.2) is 0 Å². The van der Waals surface area contributed by atoms with Crippen molar-refractivity contribution in [3.8, 4) is 0 Å². The molecule has 3 rings (SSSR count). The number of carbonyl (C=O) groups excluding carboxylic acids is 1. The van der Waals surface area contributed by atoms with Gasteiger partial charge in [-0.15, -0.1) is 0 Å². The molecule has 1 saturated carbocycles. The number of piperazine rings is 1. The van der Waals surface area contributed by atoms with Crippen molar-refractivity contribution in [3.05, 3.63) is 35.4 Å². The van der Waals surface area contributed by atoms with Crippen molar-refractivity contribution in [2.45, 2.75) is 44.1 Å². The Morgan fingerprint density at radius 1 is 0.895 bits per heavy atom. The summed E-state index contributed by atoms with van der Waals surface area (Å²) in [7, 11) is 0. The number of amides is 1. The summed E-state index contributed by atoms with van der Waals surface area (Å²) >= 11 is 0. The molecule has 2 N–H and O–H groups in total. The van der Waals surface area contributed by atoms with Crippen LogP contribution in [0.25, 0.3) is 0 Å². The molecule has 1 heterocycles. The fraction of sp³-hybridized carbons (Fsp3) is 0.562. The molecule has 1 saturated heterocycles. The Balaban J connectivity index is 1.72. The molecule has 1 unspecified atom stereocenters. The first-order chi connectivity index (χ1) is 9.34. The highest BCUT2D eigenvalue weighted by Gasteiger charge is 2.23. The minimum absolute atomic E-state index is 0.0941. The summed E-state index contributed by atoms with van der Waals surface area (Å²) in [6.45, 7) is 1.58. The molecule has 0 radical (unpaired) electrons. The lowest BCUT2D eigenvalue weighted by Gasteiger charge is -2.25. The second-order valence-electron chi connectivity index (χ2n) is 5.68. The smallest absolute Gasteiger partial charge is 0.241 e. The number of carbonyl (C=O) groups is 1. The standard InChI is InChI=1S/C16H22N2O/c19-16-15(17-10-11-18-16)14-8-6-13(7-9-14)12-4-2-1-3-5-12/h6-9,12,15,17H,1-5,10-11H2,(H,18,19). The van der Waals surface area contributed by atoms with Crippen LogP contribution >= 0.6 is 0 Å². The van der Waals surface area contributed by atoms with Crippen LogP contribution in [0.2, 0.25) is 0 Å². The summed E-state index contributed by atoms with van der Waals surface area (Å²) in [4.78, 5) is 11.8. The van der Waals surface area contributed by atoms with Gasteiger partial charge in [-0.2, -0.15) is 0 Å². The molecule has 3 heteroatoms. The Bertz CT molecular complexity index is 435. The van der Waals surface area contributed by atoms with Gasteiger partial charge in [0.1, 0.15) is 6.04 Å². The van der Waals surface area contributed by atoms with Gasteiger partial charge in [-0.05, 0) is 29.9 Å². The van der Waals surface area contributed by atoms with E-state index in [-0.39, 0.29) is 11.9 Å². The Labute approximate surface area is 114 Å². The van der Waals surface area contributed by atoms with Crippen molar-refractivity contribution in [3.63, 3.8) is 0 Å². The average molecular weight is 258 g/mol. The van der Waals surface area contributed by atoms with E-state index in [0.717, 1.165) is 24.6 Å². The fourth-order valence-corrected chi connectivity index (χ4v) is 3.26. The monoisotopic (exact) mass is 258 g/mol. The largest absolute Gasteiger partial charge is 0.353 e. The molecular weight excluding hydrogens is 236 g/mol. The molecule has 1 aliphatic heterocycles. The maximum atomic E-state index is 11.8. The number of benzene rings is 1. The molecule has 3 nitrogen and oxygen atoms in total. The second-order valence-corrected chi connectivity index (χ2v) is 5.68. The summed E-state index contributed by atoms with van der Waals surface area (Å²) in [5.74, 6) is 0.826. The zero-order valence-electron chi connectivity index (χ0n) is 11.3. The topological polar surface area (TPSA) is 41.1 Å². The van der Waals surface area contributed by atoms with E-state index in [1.54, 1.807) is 0 Å². The number of hydrogen-bond donors (Lipinski definition) is 2. The zero-order valence-corrected chi connectivity index (χ0v) is 11.3. The summed E-state index contributed by atoms with van der Waals surface area (Å²) in [5, 5.41) is 6.18. The van der Waals surface area contributed by atoms with E-state index in [1.807, 2.05) is 0 Å². The molecule has 0 aromatic heterocycles. The molecule has 0 bridgehead atoms. The summed E-state index contributed by atoms with van der Waals surface area (Å²) in [6, 6.07) is 8.50. The first-order valence-electron chi connectivity index (χ1n) is 7.45. The van der Waals surface area contributed by atoms with Crippen molar-refractivity contribution in [2.75, 3.05) is 13.1 Å². The molecule has 2 fully saturated rings. The first kappa shape index (κ1) is 12.7. The van der Waals surface area contributed by atoms with Crippen molar-refractivity contribution in [1.82, 2.24) is 10.6 Å². The van der Waals surface area contributed by atoms with E-state index < -0.39 is 0 Å². The first-order valence-corrected chi connectivity index (χ1v) is 7.45. The molecule has 102 valence electrons.